The number of hydrogen-bond acceptors (Lipinski definition) is 4. The molecule has 1 fully saturated rings. The van der Waals surface area contributed by atoms with E-state index in [-0.39, 0.29) is 5.16 Å². The molecular formula is C13H18N4O2S. The van der Waals surface area contributed by atoms with Crippen molar-refractivity contribution in [3.63, 3.8) is 0 Å². The largest absolute Gasteiger partial charge is 0.330 e. The Balaban J connectivity index is 1.88. The lowest BCUT2D eigenvalue weighted by molar-refractivity contribution is 0.277. The van der Waals surface area contributed by atoms with Gasteiger partial charge in [-0.2, -0.15) is 4.31 Å². The van der Waals surface area contributed by atoms with Crippen molar-refractivity contribution in [3.8, 4) is 0 Å². The highest BCUT2D eigenvalue weighted by atomic mass is 32.2. The van der Waals surface area contributed by atoms with Crippen LogP contribution in [0.25, 0.3) is 11.0 Å². The number of hydrogen-bond donors (Lipinski definition) is 2. The van der Waals surface area contributed by atoms with Gasteiger partial charge in [0.2, 0.25) is 5.16 Å². The molecular weight excluding hydrogens is 276 g/mol. The first-order chi connectivity index (χ1) is 9.61. The zero-order valence-corrected chi connectivity index (χ0v) is 11.9. The highest BCUT2D eigenvalue weighted by Gasteiger charge is 2.31. The van der Waals surface area contributed by atoms with Crippen LogP contribution in [0.15, 0.2) is 29.4 Å². The zero-order chi connectivity index (χ0) is 14.2. The number of rotatable bonds is 3. The number of H-pyrrole nitrogens is 1. The highest BCUT2D eigenvalue weighted by Crippen LogP contribution is 2.23. The zero-order valence-electron chi connectivity index (χ0n) is 11.1. The number of nitrogens with zero attached hydrogens (tertiary/aromatic N) is 2. The van der Waals surface area contributed by atoms with Crippen LogP contribution in [0.2, 0.25) is 0 Å². The van der Waals surface area contributed by atoms with E-state index >= 15 is 0 Å². The van der Waals surface area contributed by atoms with Gasteiger partial charge in [-0.25, -0.2) is 13.4 Å². The molecule has 0 unspecified atom stereocenters. The van der Waals surface area contributed by atoms with E-state index in [9.17, 15) is 8.42 Å². The van der Waals surface area contributed by atoms with Crippen LogP contribution in [0.5, 0.6) is 0 Å². The Morgan fingerprint density at radius 2 is 2.00 bits per heavy atom. The average Bonchev–Trinajstić information content (AvgIpc) is 2.92. The number of nitrogens with two attached hydrogens (primary N) is 1. The molecule has 0 radical (unpaired) electrons. The molecule has 3 N–H and O–H groups in total. The summed E-state index contributed by atoms with van der Waals surface area (Å²) in [5.41, 5.74) is 7.04. The Labute approximate surface area is 118 Å². The van der Waals surface area contributed by atoms with Gasteiger partial charge in [0, 0.05) is 13.1 Å². The lowest BCUT2D eigenvalue weighted by Crippen LogP contribution is -2.40. The second-order valence-corrected chi connectivity index (χ2v) is 7.00. The fraction of sp³-hybridized carbons (Fsp3) is 0.462. The van der Waals surface area contributed by atoms with Crippen molar-refractivity contribution < 1.29 is 8.42 Å². The number of benzene rings is 1. The molecule has 3 rings (SSSR count). The molecule has 0 saturated carbocycles. The number of aromatic amines is 1. The SMILES string of the molecule is NCC1CCN(S(=O)(=O)c2nc3ccccc3[nH]2)CC1. The molecule has 1 aromatic heterocycles. The molecule has 6 nitrogen and oxygen atoms in total. The molecule has 1 aromatic carbocycles. The van der Waals surface area contributed by atoms with Gasteiger partial charge in [-0.15, -0.1) is 0 Å². The maximum Gasteiger partial charge on any atom is 0.276 e. The predicted molar refractivity (Wildman–Crippen MR) is 76.6 cm³/mol. The van der Waals surface area contributed by atoms with Crippen molar-refractivity contribution in [2.75, 3.05) is 19.6 Å². The van der Waals surface area contributed by atoms with Crippen molar-refractivity contribution in [2.24, 2.45) is 11.7 Å². The lowest BCUT2D eigenvalue weighted by Gasteiger charge is -2.29. The van der Waals surface area contributed by atoms with Crippen LogP contribution in [0.3, 0.4) is 0 Å². The number of imidazole rings is 1. The van der Waals surface area contributed by atoms with Gasteiger partial charge >= 0.3 is 0 Å². The molecule has 0 amide bonds. The van der Waals surface area contributed by atoms with E-state index in [4.69, 9.17) is 5.73 Å². The Hall–Kier alpha value is -1.44. The third-order valence-corrected chi connectivity index (χ3v) is 5.59. The van der Waals surface area contributed by atoms with Crippen molar-refractivity contribution >= 4 is 21.1 Å². The van der Waals surface area contributed by atoms with Gasteiger partial charge in [-0.05, 0) is 37.4 Å². The summed E-state index contributed by atoms with van der Waals surface area (Å²) in [5, 5.41) is 0.0323. The fourth-order valence-electron chi connectivity index (χ4n) is 2.56. The number of para-hydroxylation sites is 2. The third kappa shape index (κ3) is 2.32. The summed E-state index contributed by atoms with van der Waals surface area (Å²) >= 11 is 0. The van der Waals surface area contributed by atoms with E-state index in [1.54, 1.807) is 6.07 Å². The van der Waals surface area contributed by atoms with Gasteiger partial charge in [0.1, 0.15) is 0 Å². The number of piperidine rings is 1. The minimum atomic E-state index is -3.53. The quantitative estimate of drug-likeness (QED) is 0.880. The first-order valence-corrected chi connectivity index (χ1v) is 8.20. The summed E-state index contributed by atoms with van der Waals surface area (Å²) in [4.78, 5) is 7.08. The lowest BCUT2D eigenvalue weighted by atomic mass is 9.99. The second-order valence-electron chi connectivity index (χ2n) is 5.14. The van der Waals surface area contributed by atoms with Crippen LogP contribution in [-0.4, -0.2) is 42.3 Å². The van der Waals surface area contributed by atoms with Crippen molar-refractivity contribution in [1.82, 2.24) is 14.3 Å². The number of nitrogens with one attached hydrogen (secondary N) is 1. The summed E-state index contributed by atoms with van der Waals surface area (Å²) in [6.07, 6.45) is 1.63. The molecule has 2 heterocycles. The van der Waals surface area contributed by atoms with E-state index in [1.807, 2.05) is 18.2 Å². The van der Waals surface area contributed by atoms with E-state index < -0.39 is 10.0 Å². The van der Waals surface area contributed by atoms with Crippen LogP contribution >= 0.6 is 0 Å². The summed E-state index contributed by atoms with van der Waals surface area (Å²) in [7, 11) is -3.53. The average molecular weight is 294 g/mol. The second kappa shape index (κ2) is 5.16. The monoisotopic (exact) mass is 294 g/mol. The van der Waals surface area contributed by atoms with E-state index in [1.165, 1.54) is 4.31 Å². The van der Waals surface area contributed by atoms with Crippen molar-refractivity contribution in [3.05, 3.63) is 24.3 Å². The molecule has 0 spiro atoms. The standard InChI is InChI=1S/C13H18N4O2S/c14-9-10-5-7-17(8-6-10)20(18,19)13-15-11-3-1-2-4-12(11)16-13/h1-4,10H,5-9,14H2,(H,15,16). The molecule has 2 aromatic rings. The van der Waals surface area contributed by atoms with Gasteiger partial charge in [0.15, 0.2) is 0 Å². The minimum absolute atomic E-state index is 0.0323. The molecule has 108 valence electrons. The van der Waals surface area contributed by atoms with E-state index in [2.05, 4.69) is 9.97 Å². The molecule has 1 aliphatic rings. The van der Waals surface area contributed by atoms with Crippen LogP contribution in [0.1, 0.15) is 12.8 Å². The smallest absolute Gasteiger partial charge is 0.276 e. The Morgan fingerprint density at radius 1 is 1.30 bits per heavy atom. The maximum atomic E-state index is 12.6. The molecule has 1 aliphatic heterocycles. The van der Waals surface area contributed by atoms with Crippen molar-refractivity contribution in [1.29, 1.82) is 0 Å². The van der Waals surface area contributed by atoms with Gasteiger partial charge < -0.3 is 10.7 Å². The fourth-order valence-corrected chi connectivity index (χ4v) is 3.95. The third-order valence-electron chi connectivity index (χ3n) is 3.86. The molecule has 7 heteroatoms. The minimum Gasteiger partial charge on any atom is -0.330 e. The highest BCUT2D eigenvalue weighted by molar-refractivity contribution is 7.89. The van der Waals surface area contributed by atoms with Crippen LogP contribution in [-0.2, 0) is 10.0 Å². The first kappa shape index (κ1) is 13.5. The normalized spacial score (nSPS) is 18.6. The molecule has 0 bridgehead atoms. The topological polar surface area (TPSA) is 92.1 Å². The molecule has 1 saturated heterocycles. The molecule has 0 aliphatic carbocycles. The van der Waals surface area contributed by atoms with Gasteiger partial charge in [0.05, 0.1) is 11.0 Å². The number of aromatic nitrogens is 2. The summed E-state index contributed by atoms with van der Waals surface area (Å²) in [6.45, 7) is 1.65. The Kier molecular flexibility index (Phi) is 3.49. The van der Waals surface area contributed by atoms with Crippen LogP contribution in [0.4, 0.5) is 0 Å². The van der Waals surface area contributed by atoms with E-state index in [0.717, 1.165) is 18.4 Å². The van der Waals surface area contributed by atoms with Crippen molar-refractivity contribution in [2.45, 2.75) is 18.0 Å². The summed E-state index contributed by atoms with van der Waals surface area (Å²) in [5.74, 6) is 0.428. The number of sulfonamides is 1. The summed E-state index contributed by atoms with van der Waals surface area (Å²) < 4.78 is 26.6. The first-order valence-electron chi connectivity index (χ1n) is 6.76. The maximum absolute atomic E-state index is 12.6. The number of fused-ring (bicyclic) bond motifs is 1. The molecule has 0 atom stereocenters. The predicted octanol–water partition coefficient (Wildman–Crippen LogP) is 0.922. The van der Waals surface area contributed by atoms with Crippen LogP contribution in [0, 0.1) is 5.92 Å². The van der Waals surface area contributed by atoms with Gasteiger partial charge in [-0.1, -0.05) is 12.1 Å². The Morgan fingerprint density at radius 3 is 2.65 bits per heavy atom. The summed E-state index contributed by atoms with van der Waals surface area (Å²) in [6, 6.07) is 7.31. The van der Waals surface area contributed by atoms with Gasteiger partial charge in [-0.3, -0.25) is 0 Å². The van der Waals surface area contributed by atoms with E-state index in [0.29, 0.717) is 31.1 Å². The van der Waals surface area contributed by atoms with Crippen LogP contribution < -0.4 is 5.73 Å². The van der Waals surface area contributed by atoms with Gasteiger partial charge in [0.25, 0.3) is 10.0 Å². The Bertz CT molecular complexity index is 669. The molecule has 20 heavy (non-hydrogen) atoms.